The minimum absolute atomic E-state index is 0.318. The lowest BCUT2D eigenvalue weighted by atomic mass is 10.2. The van der Waals surface area contributed by atoms with Crippen molar-refractivity contribution >= 4 is 5.82 Å². The lowest BCUT2D eigenvalue weighted by Gasteiger charge is -2.12. The molecule has 2 N–H and O–H groups in total. The second-order valence-electron chi connectivity index (χ2n) is 4.85. The van der Waals surface area contributed by atoms with Crippen LogP contribution < -0.4 is 5.73 Å². The number of nitrogen functional groups attached to an aromatic ring is 1. The summed E-state index contributed by atoms with van der Waals surface area (Å²) in [6.07, 6.45) is 2.71. The Morgan fingerprint density at radius 3 is 2.44 bits per heavy atom. The van der Waals surface area contributed by atoms with Crippen LogP contribution in [0.3, 0.4) is 0 Å². The molecule has 5 heteroatoms. The van der Waals surface area contributed by atoms with Gasteiger partial charge in [0.05, 0.1) is 6.20 Å². The van der Waals surface area contributed by atoms with Crippen LogP contribution in [0.2, 0.25) is 0 Å². The van der Waals surface area contributed by atoms with Crippen LogP contribution in [-0.2, 0) is 13.5 Å². The Bertz CT molecular complexity index is 562. The molecule has 0 saturated heterocycles. The van der Waals surface area contributed by atoms with Gasteiger partial charge in [-0.2, -0.15) is 5.10 Å². The van der Waals surface area contributed by atoms with Gasteiger partial charge in [0, 0.05) is 30.8 Å². The molecule has 2 heterocycles. The highest BCUT2D eigenvalue weighted by Crippen LogP contribution is 2.30. The summed E-state index contributed by atoms with van der Waals surface area (Å²) in [5.41, 5.74) is 9.21. The second-order valence-corrected chi connectivity index (χ2v) is 4.85. The summed E-state index contributed by atoms with van der Waals surface area (Å²) in [4.78, 5) is 4.68. The normalized spacial score (nSPS) is 11.4. The Balaban J connectivity index is 2.63. The summed E-state index contributed by atoms with van der Waals surface area (Å²) >= 11 is 0. The molecule has 0 fully saturated rings. The largest absolute Gasteiger partial charge is 0.383 e. The molecule has 0 spiro atoms. The Hall–Kier alpha value is -1.78. The molecule has 18 heavy (non-hydrogen) atoms. The van der Waals surface area contributed by atoms with Gasteiger partial charge in [0.15, 0.2) is 0 Å². The van der Waals surface area contributed by atoms with E-state index >= 15 is 0 Å². The topological polar surface area (TPSA) is 61.7 Å². The van der Waals surface area contributed by atoms with Gasteiger partial charge in [-0.1, -0.05) is 6.92 Å². The molecule has 0 unspecified atom stereocenters. The number of nitrogens with two attached hydrogens (primary N) is 1. The van der Waals surface area contributed by atoms with Gasteiger partial charge in [-0.3, -0.25) is 4.68 Å². The van der Waals surface area contributed by atoms with Crippen molar-refractivity contribution in [2.45, 2.75) is 40.2 Å². The molecule has 0 saturated carbocycles. The van der Waals surface area contributed by atoms with Crippen LogP contribution in [0.15, 0.2) is 6.20 Å². The van der Waals surface area contributed by atoms with Gasteiger partial charge in [0.2, 0.25) is 0 Å². The summed E-state index contributed by atoms with van der Waals surface area (Å²) in [5, 5.41) is 4.26. The maximum absolute atomic E-state index is 6.25. The van der Waals surface area contributed by atoms with E-state index in [2.05, 4.69) is 35.4 Å². The standard InChI is InChI=1S/C13H21N5/c1-6-11-16-12(13(14)18(11)8(2)3)10-7-15-17(5)9(10)4/h7-8H,6,14H2,1-5H3. The van der Waals surface area contributed by atoms with Gasteiger partial charge >= 0.3 is 0 Å². The lowest BCUT2D eigenvalue weighted by Crippen LogP contribution is -2.08. The van der Waals surface area contributed by atoms with Gasteiger partial charge in [0.1, 0.15) is 17.3 Å². The van der Waals surface area contributed by atoms with Crippen molar-refractivity contribution in [1.82, 2.24) is 19.3 Å². The number of nitrogens with zero attached hydrogens (tertiary/aromatic N) is 4. The molecule has 0 aromatic carbocycles. The van der Waals surface area contributed by atoms with Crippen LogP contribution in [-0.4, -0.2) is 19.3 Å². The number of aromatic nitrogens is 4. The van der Waals surface area contributed by atoms with Crippen molar-refractivity contribution in [3.05, 3.63) is 17.7 Å². The molecular weight excluding hydrogens is 226 g/mol. The monoisotopic (exact) mass is 247 g/mol. The van der Waals surface area contributed by atoms with Crippen LogP contribution in [0.1, 0.15) is 38.3 Å². The molecule has 98 valence electrons. The van der Waals surface area contributed by atoms with E-state index in [-0.39, 0.29) is 0 Å². The third-order valence-electron chi connectivity index (χ3n) is 3.34. The Kier molecular flexibility index (Phi) is 3.15. The minimum Gasteiger partial charge on any atom is -0.383 e. The molecule has 0 atom stereocenters. The zero-order valence-electron chi connectivity index (χ0n) is 11.7. The smallest absolute Gasteiger partial charge is 0.132 e. The summed E-state index contributed by atoms with van der Waals surface area (Å²) in [6.45, 7) is 8.37. The highest BCUT2D eigenvalue weighted by atomic mass is 15.3. The van der Waals surface area contributed by atoms with Crippen molar-refractivity contribution < 1.29 is 0 Å². The Labute approximate surface area is 108 Å². The fraction of sp³-hybridized carbons (Fsp3) is 0.538. The Morgan fingerprint density at radius 2 is 2.06 bits per heavy atom. The van der Waals surface area contributed by atoms with E-state index in [4.69, 9.17) is 5.73 Å². The van der Waals surface area contributed by atoms with Crippen molar-refractivity contribution in [1.29, 1.82) is 0 Å². The molecule has 0 aliphatic carbocycles. The third-order valence-corrected chi connectivity index (χ3v) is 3.34. The SMILES string of the molecule is CCc1nc(-c2cnn(C)c2C)c(N)n1C(C)C. The number of anilines is 1. The average molecular weight is 247 g/mol. The zero-order valence-corrected chi connectivity index (χ0v) is 11.7. The second kappa shape index (κ2) is 4.48. The van der Waals surface area contributed by atoms with Crippen LogP contribution in [0, 0.1) is 6.92 Å². The van der Waals surface area contributed by atoms with E-state index in [9.17, 15) is 0 Å². The highest BCUT2D eigenvalue weighted by molar-refractivity contribution is 5.72. The molecule has 2 rings (SSSR count). The van der Waals surface area contributed by atoms with E-state index in [0.717, 1.165) is 35.0 Å². The average Bonchev–Trinajstić information content (AvgIpc) is 2.81. The van der Waals surface area contributed by atoms with Gasteiger partial charge < -0.3 is 10.3 Å². The summed E-state index contributed by atoms with van der Waals surface area (Å²) in [6, 6.07) is 0.318. The molecule has 2 aromatic heterocycles. The number of hydrogen-bond donors (Lipinski definition) is 1. The number of rotatable bonds is 3. The van der Waals surface area contributed by atoms with Gasteiger partial charge in [-0.05, 0) is 20.8 Å². The van der Waals surface area contributed by atoms with Crippen LogP contribution >= 0.6 is 0 Å². The van der Waals surface area contributed by atoms with Crippen LogP contribution in [0.5, 0.6) is 0 Å². The quantitative estimate of drug-likeness (QED) is 0.905. The molecular formula is C13H21N5. The number of hydrogen-bond acceptors (Lipinski definition) is 3. The lowest BCUT2D eigenvalue weighted by molar-refractivity contribution is 0.579. The fourth-order valence-electron chi connectivity index (χ4n) is 2.25. The zero-order chi connectivity index (χ0) is 13.4. The number of aryl methyl sites for hydroxylation is 2. The first-order valence-electron chi connectivity index (χ1n) is 6.32. The maximum Gasteiger partial charge on any atom is 0.132 e. The third kappa shape index (κ3) is 1.79. The summed E-state index contributed by atoms with van der Waals surface area (Å²) in [5.74, 6) is 1.76. The molecule has 0 bridgehead atoms. The molecule has 5 nitrogen and oxygen atoms in total. The predicted molar refractivity (Wildman–Crippen MR) is 73.3 cm³/mol. The first kappa shape index (κ1) is 12.7. The minimum atomic E-state index is 0.318. The predicted octanol–water partition coefficient (Wildman–Crippen LogP) is 2.32. The van der Waals surface area contributed by atoms with E-state index in [1.165, 1.54) is 0 Å². The van der Waals surface area contributed by atoms with Crippen molar-refractivity contribution in [3.8, 4) is 11.3 Å². The first-order chi connectivity index (χ1) is 8.47. The van der Waals surface area contributed by atoms with Gasteiger partial charge in [-0.15, -0.1) is 0 Å². The van der Waals surface area contributed by atoms with Crippen molar-refractivity contribution in [2.24, 2.45) is 7.05 Å². The van der Waals surface area contributed by atoms with E-state index in [0.29, 0.717) is 6.04 Å². The van der Waals surface area contributed by atoms with E-state index in [1.807, 2.05) is 24.9 Å². The van der Waals surface area contributed by atoms with Crippen LogP contribution in [0.4, 0.5) is 5.82 Å². The van der Waals surface area contributed by atoms with Gasteiger partial charge in [-0.25, -0.2) is 4.98 Å². The van der Waals surface area contributed by atoms with Gasteiger partial charge in [0.25, 0.3) is 0 Å². The van der Waals surface area contributed by atoms with Crippen molar-refractivity contribution in [3.63, 3.8) is 0 Å². The molecule has 2 aromatic rings. The Morgan fingerprint density at radius 1 is 1.39 bits per heavy atom. The fourth-order valence-corrected chi connectivity index (χ4v) is 2.25. The molecule has 0 amide bonds. The summed E-state index contributed by atoms with van der Waals surface area (Å²) in [7, 11) is 1.93. The van der Waals surface area contributed by atoms with E-state index in [1.54, 1.807) is 0 Å². The molecule has 0 aliphatic rings. The highest BCUT2D eigenvalue weighted by Gasteiger charge is 2.19. The maximum atomic E-state index is 6.25. The van der Waals surface area contributed by atoms with Crippen molar-refractivity contribution in [2.75, 3.05) is 5.73 Å². The number of imidazole rings is 1. The molecule has 0 radical (unpaired) electrons. The van der Waals surface area contributed by atoms with E-state index < -0.39 is 0 Å². The summed E-state index contributed by atoms with van der Waals surface area (Å²) < 4.78 is 3.94. The first-order valence-corrected chi connectivity index (χ1v) is 6.32. The molecule has 0 aliphatic heterocycles. The van der Waals surface area contributed by atoms with Crippen LogP contribution in [0.25, 0.3) is 11.3 Å².